The summed E-state index contributed by atoms with van der Waals surface area (Å²) in [7, 11) is 1.43. The molecule has 0 saturated heterocycles. The molecule has 6 rings (SSSR count). The van der Waals surface area contributed by atoms with Crippen LogP contribution < -0.4 is 11.1 Å². The van der Waals surface area contributed by atoms with Crippen molar-refractivity contribution in [1.82, 2.24) is 15.1 Å². The van der Waals surface area contributed by atoms with Gasteiger partial charge in [0.25, 0.3) is 11.8 Å². The number of aromatic nitrogens is 2. The highest BCUT2D eigenvalue weighted by atomic mass is 35.5. The topological polar surface area (TPSA) is 110 Å². The summed E-state index contributed by atoms with van der Waals surface area (Å²) in [5.74, 6) is -3.06. The van der Waals surface area contributed by atoms with Gasteiger partial charge in [-0.25, -0.2) is 17.6 Å². The van der Waals surface area contributed by atoms with Crippen LogP contribution in [0.15, 0.2) is 42.5 Å². The third kappa shape index (κ3) is 3.78. The molecule has 0 radical (unpaired) electrons. The summed E-state index contributed by atoms with van der Waals surface area (Å²) in [6.07, 6.45) is -3.45. The van der Waals surface area contributed by atoms with E-state index in [1.54, 1.807) is 0 Å². The smallest absolute Gasteiger partial charge is 0.256 e. The Bertz CT molecular complexity index is 1920. The zero-order chi connectivity index (χ0) is 28.7. The van der Waals surface area contributed by atoms with Crippen LogP contribution in [0.2, 0.25) is 5.02 Å². The molecule has 4 N–H and O–H groups in total. The lowest BCUT2D eigenvalue weighted by atomic mass is 9.87. The molecule has 5 aromatic rings. The van der Waals surface area contributed by atoms with E-state index in [1.807, 2.05) is 0 Å². The molecular formula is C27H17ClF4N4O3S. The summed E-state index contributed by atoms with van der Waals surface area (Å²) < 4.78 is 57.1. The van der Waals surface area contributed by atoms with Crippen molar-refractivity contribution >= 4 is 55.7 Å². The average molecular weight is 589 g/mol. The standard InChI is InChI=1S/C27H17ClF4N4O3S/c1-36-17(9-19(31)32)13-8-14(24-20(25(33)37)12-4-2-11(30)7-18(12)40-24)22-21(23(13)35-36)26(38)34-27(22,39)15-6-10(29)3-5-16(15)28/h2-8,19,39H,9H2,1H3,(H2,33,37)(H,34,38). The number of alkyl halides is 2. The molecule has 1 atom stereocenters. The number of carbonyl (C=O) groups excluding carboxylic acids is 2. The van der Waals surface area contributed by atoms with E-state index in [9.17, 15) is 32.3 Å². The molecule has 2 aromatic heterocycles. The first-order chi connectivity index (χ1) is 18.9. The first-order valence-corrected chi connectivity index (χ1v) is 12.9. The number of benzene rings is 3. The number of rotatable bonds is 5. The number of nitrogens with one attached hydrogen (secondary N) is 1. The maximum absolute atomic E-state index is 14.4. The summed E-state index contributed by atoms with van der Waals surface area (Å²) >= 11 is 7.30. The van der Waals surface area contributed by atoms with Gasteiger partial charge in [0.1, 0.15) is 17.2 Å². The fraction of sp³-hybridized carbons (Fsp3) is 0.148. The Morgan fingerprint density at radius 1 is 1.18 bits per heavy atom. The van der Waals surface area contributed by atoms with Crippen LogP contribution in [0.3, 0.4) is 0 Å². The molecule has 1 aliphatic rings. The molecule has 40 heavy (non-hydrogen) atoms. The van der Waals surface area contributed by atoms with E-state index < -0.39 is 42.0 Å². The second-order valence-electron chi connectivity index (χ2n) is 9.34. The molecule has 1 aliphatic heterocycles. The Balaban J connectivity index is 1.80. The van der Waals surface area contributed by atoms with Crippen LogP contribution in [0.5, 0.6) is 0 Å². The lowest BCUT2D eigenvalue weighted by Gasteiger charge is -2.27. The van der Waals surface area contributed by atoms with Crippen LogP contribution in [0, 0.1) is 11.6 Å². The van der Waals surface area contributed by atoms with Gasteiger partial charge in [-0.15, -0.1) is 11.3 Å². The normalized spacial score (nSPS) is 16.8. The van der Waals surface area contributed by atoms with E-state index in [4.69, 9.17) is 17.3 Å². The predicted octanol–water partition coefficient (Wildman–Crippen LogP) is 5.23. The van der Waals surface area contributed by atoms with Gasteiger partial charge in [0, 0.05) is 49.1 Å². The Morgan fingerprint density at radius 3 is 2.58 bits per heavy atom. The summed E-state index contributed by atoms with van der Waals surface area (Å²) in [4.78, 5) is 26.4. The van der Waals surface area contributed by atoms with Gasteiger partial charge in [-0.1, -0.05) is 11.6 Å². The molecule has 0 spiro atoms. The van der Waals surface area contributed by atoms with Crippen LogP contribution in [-0.2, 0) is 19.2 Å². The number of aliphatic hydroxyl groups is 1. The van der Waals surface area contributed by atoms with E-state index in [-0.39, 0.29) is 54.3 Å². The number of aryl methyl sites for hydroxylation is 1. The largest absolute Gasteiger partial charge is 0.366 e. The van der Waals surface area contributed by atoms with Gasteiger partial charge in [-0.05, 0) is 42.5 Å². The molecule has 204 valence electrons. The molecule has 0 aliphatic carbocycles. The highest BCUT2D eigenvalue weighted by Gasteiger charge is 2.48. The van der Waals surface area contributed by atoms with E-state index in [0.717, 1.165) is 29.5 Å². The van der Waals surface area contributed by atoms with Gasteiger partial charge in [0.2, 0.25) is 6.43 Å². The van der Waals surface area contributed by atoms with Crippen molar-refractivity contribution in [3.8, 4) is 10.4 Å². The van der Waals surface area contributed by atoms with Gasteiger partial charge >= 0.3 is 0 Å². The number of thiophene rings is 1. The van der Waals surface area contributed by atoms with Crippen molar-refractivity contribution < 1.29 is 32.3 Å². The van der Waals surface area contributed by atoms with Crippen molar-refractivity contribution in [3.63, 3.8) is 0 Å². The van der Waals surface area contributed by atoms with Gasteiger partial charge in [0.05, 0.1) is 23.2 Å². The van der Waals surface area contributed by atoms with Gasteiger partial charge in [-0.3, -0.25) is 14.3 Å². The molecule has 0 fully saturated rings. The summed E-state index contributed by atoms with van der Waals surface area (Å²) in [6.45, 7) is 0. The lowest BCUT2D eigenvalue weighted by Crippen LogP contribution is -2.40. The van der Waals surface area contributed by atoms with E-state index in [1.165, 1.54) is 36.0 Å². The second-order valence-corrected chi connectivity index (χ2v) is 10.8. The molecule has 3 heterocycles. The molecule has 0 saturated carbocycles. The molecule has 1 unspecified atom stereocenters. The van der Waals surface area contributed by atoms with Gasteiger partial charge in [0.15, 0.2) is 5.72 Å². The maximum atomic E-state index is 14.4. The first kappa shape index (κ1) is 26.2. The third-order valence-corrected chi connectivity index (χ3v) is 8.46. The van der Waals surface area contributed by atoms with E-state index >= 15 is 0 Å². The molecule has 7 nitrogen and oxygen atoms in total. The zero-order valence-electron chi connectivity index (χ0n) is 20.4. The predicted molar refractivity (Wildman–Crippen MR) is 142 cm³/mol. The minimum absolute atomic E-state index is 0.00521. The van der Waals surface area contributed by atoms with Crippen LogP contribution in [0.4, 0.5) is 17.6 Å². The minimum atomic E-state index is -2.75. The fourth-order valence-electron chi connectivity index (χ4n) is 5.32. The SMILES string of the molecule is Cn1nc2c3c(c(-c4sc5cc(F)ccc5c4C(N)=O)cc2c1CC(F)F)C(O)(c1cc(F)ccc1Cl)NC3=O. The number of nitrogens with two attached hydrogens (primary N) is 1. The van der Waals surface area contributed by atoms with Crippen molar-refractivity contribution in [2.45, 2.75) is 18.6 Å². The highest BCUT2D eigenvalue weighted by Crippen LogP contribution is 2.50. The maximum Gasteiger partial charge on any atom is 0.256 e. The Hall–Kier alpha value is -4.00. The minimum Gasteiger partial charge on any atom is -0.366 e. The number of fused-ring (bicyclic) bond motifs is 4. The van der Waals surface area contributed by atoms with Crippen LogP contribution in [-0.4, -0.2) is 33.1 Å². The molecule has 13 heteroatoms. The highest BCUT2D eigenvalue weighted by molar-refractivity contribution is 7.22. The van der Waals surface area contributed by atoms with Crippen molar-refractivity contribution in [1.29, 1.82) is 0 Å². The number of carbonyl (C=O) groups is 2. The van der Waals surface area contributed by atoms with Crippen molar-refractivity contribution in [3.05, 3.63) is 87.1 Å². The first-order valence-electron chi connectivity index (χ1n) is 11.7. The fourth-order valence-corrected chi connectivity index (χ4v) is 6.83. The molecular weight excluding hydrogens is 572 g/mol. The summed E-state index contributed by atoms with van der Waals surface area (Å²) in [5.41, 5.74) is 2.93. The van der Waals surface area contributed by atoms with Crippen LogP contribution >= 0.6 is 22.9 Å². The average Bonchev–Trinajstić information content (AvgIpc) is 3.49. The summed E-state index contributed by atoms with van der Waals surface area (Å²) in [6, 6.07) is 8.35. The molecule has 3 aromatic carbocycles. The number of primary amides is 1. The van der Waals surface area contributed by atoms with Crippen LogP contribution in [0.1, 0.15) is 37.5 Å². The third-order valence-electron chi connectivity index (χ3n) is 6.94. The Morgan fingerprint density at radius 2 is 1.88 bits per heavy atom. The van der Waals surface area contributed by atoms with E-state index in [2.05, 4.69) is 10.4 Å². The Labute approximate surface area is 231 Å². The second kappa shape index (κ2) is 9.01. The lowest BCUT2D eigenvalue weighted by molar-refractivity contribution is 0.0477. The van der Waals surface area contributed by atoms with Crippen molar-refractivity contribution in [2.75, 3.05) is 0 Å². The van der Waals surface area contributed by atoms with E-state index in [0.29, 0.717) is 10.1 Å². The van der Waals surface area contributed by atoms with Crippen molar-refractivity contribution in [2.24, 2.45) is 12.8 Å². The van der Waals surface area contributed by atoms with Gasteiger partial charge in [-0.2, -0.15) is 5.10 Å². The quantitative estimate of drug-likeness (QED) is 0.244. The monoisotopic (exact) mass is 588 g/mol. The van der Waals surface area contributed by atoms with Crippen LogP contribution in [0.25, 0.3) is 31.4 Å². The number of hydrogen-bond acceptors (Lipinski definition) is 5. The number of nitrogens with zero attached hydrogens (tertiary/aromatic N) is 2. The van der Waals surface area contributed by atoms with Gasteiger partial charge < -0.3 is 16.2 Å². The number of amides is 2. The zero-order valence-corrected chi connectivity index (χ0v) is 21.9. The molecule has 2 amide bonds. The number of hydrogen-bond donors (Lipinski definition) is 3. The molecule has 0 bridgehead atoms. The number of halogens is 5. The summed E-state index contributed by atoms with van der Waals surface area (Å²) in [5, 5.41) is 19.2. The Kier molecular flexibility index (Phi) is 5.91.